The van der Waals surface area contributed by atoms with E-state index in [1.807, 2.05) is 30.3 Å². The minimum Gasteiger partial charge on any atom is -0.508 e. The van der Waals surface area contributed by atoms with Crippen LogP contribution in [0.3, 0.4) is 0 Å². The first kappa shape index (κ1) is 17.3. The average molecular weight is 325 g/mol. The van der Waals surface area contributed by atoms with Crippen molar-refractivity contribution in [1.29, 1.82) is 0 Å². The summed E-state index contributed by atoms with van der Waals surface area (Å²) in [7, 11) is 1.29. The van der Waals surface area contributed by atoms with E-state index in [1.165, 1.54) is 25.3 Å². The molecular formula is C19H19NO4. The predicted octanol–water partition coefficient (Wildman–Crippen LogP) is 2.31. The van der Waals surface area contributed by atoms with E-state index >= 15 is 0 Å². The number of ether oxygens (including phenoxy) is 1. The van der Waals surface area contributed by atoms with Gasteiger partial charge in [-0.05, 0) is 29.3 Å². The van der Waals surface area contributed by atoms with Gasteiger partial charge in [0.05, 0.1) is 7.11 Å². The van der Waals surface area contributed by atoms with Crippen LogP contribution in [0.15, 0.2) is 60.7 Å². The van der Waals surface area contributed by atoms with Crippen LogP contribution in [0.2, 0.25) is 0 Å². The number of carbonyl (C=O) groups excluding carboxylic acids is 2. The molecule has 0 heterocycles. The number of esters is 1. The zero-order valence-corrected chi connectivity index (χ0v) is 13.3. The van der Waals surface area contributed by atoms with E-state index in [-0.39, 0.29) is 5.75 Å². The molecule has 1 amide bonds. The molecule has 0 aliphatic carbocycles. The van der Waals surface area contributed by atoms with Gasteiger partial charge in [0.2, 0.25) is 5.91 Å². The van der Waals surface area contributed by atoms with E-state index in [9.17, 15) is 14.7 Å². The molecule has 124 valence electrons. The quantitative estimate of drug-likeness (QED) is 0.631. The molecule has 2 N–H and O–H groups in total. The van der Waals surface area contributed by atoms with Crippen LogP contribution in [0.5, 0.6) is 5.75 Å². The number of rotatable bonds is 6. The van der Waals surface area contributed by atoms with E-state index in [1.54, 1.807) is 18.2 Å². The molecule has 24 heavy (non-hydrogen) atoms. The molecule has 5 nitrogen and oxygen atoms in total. The number of hydrogen-bond acceptors (Lipinski definition) is 4. The van der Waals surface area contributed by atoms with Crippen molar-refractivity contribution in [2.24, 2.45) is 0 Å². The summed E-state index contributed by atoms with van der Waals surface area (Å²) in [5.41, 5.74) is 1.69. The zero-order chi connectivity index (χ0) is 17.4. The van der Waals surface area contributed by atoms with E-state index in [0.717, 1.165) is 11.1 Å². The molecule has 0 unspecified atom stereocenters. The highest BCUT2D eigenvalue weighted by atomic mass is 16.5. The number of phenolic OH excluding ortho intramolecular Hbond substituents is 1. The SMILES string of the molecule is COC(=O)[C@H](Cc1ccccc1)NC(=O)/C=C/c1ccc(O)cc1. The summed E-state index contributed by atoms with van der Waals surface area (Å²) in [6.45, 7) is 0. The lowest BCUT2D eigenvalue weighted by atomic mass is 10.1. The standard InChI is InChI=1S/C19H19NO4/c1-24-19(23)17(13-15-5-3-2-4-6-15)20-18(22)12-9-14-7-10-16(21)11-8-14/h2-12,17,21H,13H2,1H3,(H,20,22)/b12-9+/t17-/m0/s1. The summed E-state index contributed by atoms with van der Waals surface area (Å²) in [5.74, 6) is -0.732. The molecule has 0 saturated carbocycles. The fourth-order valence-electron chi connectivity index (χ4n) is 2.16. The number of nitrogens with one attached hydrogen (secondary N) is 1. The van der Waals surface area contributed by atoms with Gasteiger partial charge in [0, 0.05) is 12.5 Å². The molecule has 0 spiro atoms. The third-order valence-corrected chi connectivity index (χ3v) is 3.41. The van der Waals surface area contributed by atoms with Gasteiger partial charge in [0.1, 0.15) is 11.8 Å². The topological polar surface area (TPSA) is 75.6 Å². The summed E-state index contributed by atoms with van der Waals surface area (Å²) in [6, 6.07) is 15.1. The third kappa shape index (κ3) is 5.28. The minimum atomic E-state index is -0.755. The van der Waals surface area contributed by atoms with Crippen molar-refractivity contribution >= 4 is 18.0 Å². The lowest BCUT2D eigenvalue weighted by molar-refractivity contribution is -0.144. The molecule has 0 radical (unpaired) electrons. The molecule has 0 fully saturated rings. The van der Waals surface area contributed by atoms with E-state index in [2.05, 4.69) is 5.32 Å². The van der Waals surface area contributed by atoms with Crippen molar-refractivity contribution in [2.45, 2.75) is 12.5 Å². The first-order valence-electron chi connectivity index (χ1n) is 7.48. The number of amides is 1. The molecule has 0 bridgehead atoms. The second-order valence-electron chi connectivity index (χ2n) is 5.20. The van der Waals surface area contributed by atoms with Crippen LogP contribution in [-0.4, -0.2) is 30.1 Å². The highest BCUT2D eigenvalue weighted by Gasteiger charge is 2.20. The number of benzene rings is 2. The van der Waals surface area contributed by atoms with Gasteiger partial charge in [-0.2, -0.15) is 0 Å². The molecule has 1 atom stereocenters. The van der Waals surface area contributed by atoms with Gasteiger partial charge in [-0.3, -0.25) is 4.79 Å². The highest BCUT2D eigenvalue weighted by Crippen LogP contribution is 2.10. The Kier molecular flexibility index (Phi) is 6.14. The van der Waals surface area contributed by atoms with Gasteiger partial charge in [-0.1, -0.05) is 42.5 Å². The van der Waals surface area contributed by atoms with E-state index in [0.29, 0.717) is 6.42 Å². The molecule has 5 heteroatoms. The Bertz CT molecular complexity index is 708. The lowest BCUT2D eigenvalue weighted by Gasteiger charge is -2.15. The van der Waals surface area contributed by atoms with Crippen LogP contribution in [0.4, 0.5) is 0 Å². The molecule has 2 rings (SSSR count). The molecular weight excluding hydrogens is 306 g/mol. The van der Waals surface area contributed by atoms with Crippen molar-refractivity contribution in [3.05, 3.63) is 71.8 Å². The predicted molar refractivity (Wildman–Crippen MR) is 91.2 cm³/mol. The Labute approximate surface area is 140 Å². The van der Waals surface area contributed by atoms with Gasteiger partial charge in [0.25, 0.3) is 0 Å². The maximum Gasteiger partial charge on any atom is 0.328 e. The number of hydrogen-bond donors (Lipinski definition) is 2. The molecule has 0 aromatic heterocycles. The van der Waals surface area contributed by atoms with Crippen molar-refractivity contribution in [1.82, 2.24) is 5.32 Å². The maximum atomic E-state index is 12.0. The molecule has 0 saturated heterocycles. The minimum absolute atomic E-state index is 0.158. The van der Waals surface area contributed by atoms with Crippen molar-refractivity contribution < 1.29 is 19.4 Å². The Balaban J connectivity index is 2.01. The first-order valence-corrected chi connectivity index (χ1v) is 7.48. The van der Waals surface area contributed by atoms with Crippen LogP contribution in [0, 0.1) is 0 Å². The zero-order valence-electron chi connectivity index (χ0n) is 13.3. The van der Waals surface area contributed by atoms with E-state index in [4.69, 9.17) is 4.74 Å². The van der Waals surface area contributed by atoms with Crippen LogP contribution in [-0.2, 0) is 20.7 Å². The fourth-order valence-corrected chi connectivity index (χ4v) is 2.16. The largest absolute Gasteiger partial charge is 0.508 e. The van der Waals surface area contributed by atoms with Crippen molar-refractivity contribution in [3.63, 3.8) is 0 Å². The van der Waals surface area contributed by atoms with Crippen LogP contribution < -0.4 is 5.32 Å². The van der Waals surface area contributed by atoms with Gasteiger partial charge < -0.3 is 15.2 Å². The number of methoxy groups -OCH3 is 1. The van der Waals surface area contributed by atoms with Gasteiger partial charge in [-0.15, -0.1) is 0 Å². The van der Waals surface area contributed by atoms with Crippen molar-refractivity contribution in [3.8, 4) is 5.75 Å². The number of phenols is 1. The van der Waals surface area contributed by atoms with Crippen LogP contribution >= 0.6 is 0 Å². The third-order valence-electron chi connectivity index (χ3n) is 3.41. The maximum absolute atomic E-state index is 12.0. The van der Waals surface area contributed by atoms with Crippen molar-refractivity contribution in [2.75, 3.05) is 7.11 Å². The normalized spacial score (nSPS) is 11.9. The molecule has 0 aliphatic rings. The van der Waals surface area contributed by atoms with Gasteiger partial charge in [-0.25, -0.2) is 4.79 Å². The average Bonchev–Trinajstić information content (AvgIpc) is 2.61. The highest BCUT2D eigenvalue weighted by molar-refractivity contribution is 5.94. The summed E-state index contributed by atoms with van der Waals surface area (Å²) in [6.07, 6.45) is 3.30. The van der Waals surface area contributed by atoms with Crippen LogP contribution in [0.25, 0.3) is 6.08 Å². The smallest absolute Gasteiger partial charge is 0.328 e. The first-order chi connectivity index (χ1) is 11.6. The molecule has 2 aromatic rings. The van der Waals surface area contributed by atoms with Gasteiger partial charge in [0.15, 0.2) is 0 Å². The molecule has 0 aliphatic heterocycles. The summed E-state index contributed by atoms with van der Waals surface area (Å²) < 4.78 is 4.76. The number of carbonyl (C=O) groups is 2. The van der Waals surface area contributed by atoms with Gasteiger partial charge >= 0.3 is 5.97 Å². The Morgan fingerprint density at radius 1 is 1.12 bits per heavy atom. The lowest BCUT2D eigenvalue weighted by Crippen LogP contribution is -2.42. The fraction of sp³-hybridized carbons (Fsp3) is 0.158. The Morgan fingerprint density at radius 2 is 1.79 bits per heavy atom. The summed E-state index contributed by atoms with van der Waals surface area (Å²) >= 11 is 0. The summed E-state index contributed by atoms with van der Waals surface area (Å²) in [4.78, 5) is 23.9. The Hall–Kier alpha value is -3.08. The number of aromatic hydroxyl groups is 1. The second kappa shape index (κ2) is 8.53. The summed E-state index contributed by atoms with van der Waals surface area (Å²) in [5, 5.41) is 11.9. The monoisotopic (exact) mass is 325 g/mol. The van der Waals surface area contributed by atoms with E-state index < -0.39 is 17.9 Å². The second-order valence-corrected chi connectivity index (χ2v) is 5.20. The van der Waals surface area contributed by atoms with Crippen LogP contribution in [0.1, 0.15) is 11.1 Å². The Morgan fingerprint density at radius 3 is 2.42 bits per heavy atom. The molecule has 2 aromatic carbocycles.